The molecule has 152 valence electrons. The summed E-state index contributed by atoms with van der Waals surface area (Å²) in [4.78, 5) is 30.9. The van der Waals surface area contributed by atoms with Crippen molar-refractivity contribution in [3.05, 3.63) is 65.2 Å². The highest BCUT2D eigenvalue weighted by atomic mass is 35.5. The standard InChI is InChI=1S/C22H25ClN4O2/c23-18-6-8-20(9-7-18)27-16-19(14-21(27)28)24-22(29)26-12-10-25(11-13-26)15-17-4-2-1-3-5-17/h1-9,19H,10-16H2,(H,24,29)/t19-/m0/s1. The van der Waals surface area contributed by atoms with Gasteiger partial charge in [-0.15, -0.1) is 0 Å². The predicted molar refractivity (Wildman–Crippen MR) is 114 cm³/mol. The highest BCUT2D eigenvalue weighted by Gasteiger charge is 2.33. The molecular weight excluding hydrogens is 388 g/mol. The van der Waals surface area contributed by atoms with Crippen molar-refractivity contribution in [3.8, 4) is 0 Å². The average Bonchev–Trinajstić information content (AvgIpc) is 3.10. The molecule has 0 aliphatic carbocycles. The van der Waals surface area contributed by atoms with E-state index in [1.807, 2.05) is 23.1 Å². The third-order valence-corrected chi connectivity index (χ3v) is 5.75. The second kappa shape index (κ2) is 8.84. The summed E-state index contributed by atoms with van der Waals surface area (Å²) < 4.78 is 0. The number of benzene rings is 2. The van der Waals surface area contributed by atoms with Crippen molar-refractivity contribution in [2.45, 2.75) is 19.0 Å². The molecule has 0 bridgehead atoms. The van der Waals surface area contributed by atoms with Gasteiger partial charge in [0.15, 0.2) is 0 Å². The van der Waals surface area contributed by atoms with E-state index in [4.69, 9.17) is 11.6 Å². The zero-order valence-electron chi connectivity index (χ0n) is 16.3. The molecule has 2 heterocycles. The number of piperazine rings is 1. The number of nitrogens with one attached hydrogen (secondary N) is 1. The Morgan fingerprint density at radius 1 is 1.00 bits per heavy atom. The number of carbonyl (C=O) groups excluding carboxylic acids is 2. The Hall–Kier alpha value is -2.57. The van der Waals surface area contributed by atoms with Crippen LogP contribution in [0.1, 0.15) is 12.0 Å². The molecule has 1 atom stereocenters. The van der Waals surface area contributed by atoms with Gasteiger partial charge in [-0.05, 0) is 29.8 Å². The molecule has 1 N–H and O–H groups in total. The van der Waals surface area contributed by atoms with Crippen molar-refractivity contribution in [2.24, 2.45) is 0 Å². The van der Waals surface area contributed by atoms with Crippen molar-refractivity contribution in [1.29, 1.82) is 0 Å². The van der Waals surface area contributed by atoms with Gasteiger partial charge < -0.3 is 15.1 Å². The molecule has 7 heteroatoms. The molecule has 2 saturated heterocycles. The lowest BCUT2D eigenvalue weighted by Gasteiger charge is -2.35. The Morgan fingerprint density at radius 2 is 1.69 bits per heavy atom. The quantitative estimate of drug-likeness (QED) is 0.839. The van der Waals surface area contributed by atoms with E-state index in [0.29, 0.717) is 31.1 Å². The van der Waals surface area contributed by atoms with Crippen molar-refractivity contribution in [3.63, 3.8) is 0 Å². The molecule has 2 aromatic rings. The second-order valence-corrected chi connectivity index (χ2v) is 8.02. The van der Waals surface area contributed by atoms with Crippen LogP contribution in [0.3, 0.4) is 0 Å². The van der Waals surface area contributed by atoms with Crippen LogP contribution < -0.4 is 10.2 Å². The predicted octanol–water partition coefficient (Wildman–Crippen LogP) is 2.97. The molecular formula is C22H25ClN4O2. The molecule has 2 fully saturated rings. The van der Waals surface area contributed by atoms with Crippen molar-refractivity contribution >= 4 is 29.2 Å². The SMILES string of the molecule is O=C(N[C@H]1CC(=O)N(c2ccc(Cl)cc2)C1)N1CCN(Cc2ccccc2)CC1. The number of urea groups is 1. The summed E-state index contributed by atoms with van der Waals surface area (Å²) in [5, 5.41) is 3.67. The maximum atomic E-state index is 12.7. The molecule has 2 aromatic carbocycles. The Labute approximate surface area is 176 Å². The summed E-state index contributed by atoms with van der Waals surface area (Å²) in [6, 6.07) is 17.3. The zero-order chi connectivity index (χ0) is 20.2. The van der Waals surface area contributed by atoms with Gasteiger partial charge in [0.05, 0.1) is 6.04 Å². The average molecular weight is 413 g/mol. The fraction of sp³-hybridized carbons (Fsp3) is 0.364. The number of amides is 3. The first-order valence-electron chi connectivity index (χ1n) is 9.96. The van der Waals surface area contributed by atoms with Crippen molar-refractivity contribution in [2.75, 3.05) is 37.6 Å². The summed E-state index contributed by atoms with van der Waals surface area (Å²) in [6.45, 7) is 4.48. The van der Waals surface area contributed by atoms with E-state index in [-0.39, 0.29) is 18.0 Å². The highest BCUT2D eigenvalue weighted by molar-refractivity contribution is 6.30. The second-order valence-electron chi connectivity index (χ2n) is 7.58. The van der Waals surface area contributed by atoms with Gasteiger partial charge in [0.1, 0.15) is 0 Å². The maximum absolute atomic E-state index is 12.7. The fourth-order valence-electron chi connectivity index (χ4n) is 3.89. The van der Waals surface area contributed by atoms with Gasteiger partial charge in [0.25, 0.3) is 0 Å². The van der Waals surface area contributed by atoms with Crippen LogP contribution in [-0.2, 0) is 11.3 Å². The topological polar surface area (TPSA) is 55.9 Å². The van der Waals surface area contributed by atoms with Gasteiger partial charge in [-0.2, -0.15) is 0 Å². The third-order valence-electron chi connectivity index (χ3n) is 5.50. The van der Waals surface area contributed by atoms with Crippen molar-refractivity contribution < 1.29 is 9.59 Å². The number of halogens is 1. The molecule has 0 spiro atoms. The van der Waals surface area contributed by atoms with E-state index < -0.39 is 0 Å². The number of carbonyl (C=O) groups is 2. The van der Waals surface area contributed by atoms with E-state index in [1.54, 1.807) is 17.0 Å². The first-order valence-corrected chi connectivity index (χ1v) is 10.3. The molecule has 0 saturated carbocycles. The van der Waals surface area contributed by atoms with Gasteiger partial charge >= 0.3 is 6.03 Å². The summed E-state index contributed by atoms with van der Waals surface area (Å²) >= 11 is 5.92. The lowest BCUT2D eigenvalue weighted by atomic mass is 10.2. The summed E-state index contributed by atoms with van der Waals surface area (Å²) in [7, 11) is 0. The van der Waals surface area contributed by atoms with E-state index in [9.17, 15) is 9.59 Å². The Kier molecular flexibility index (Phi) is 6.02. The first kappa shape index (κ1) is 19.7. The molecule has 4 rings (SSSR count). The summed E-state index contributed by atoms with van der Waals surface area (Å²) in [5.74, 6) is 0.0188. The largest absolute Gasteiger partial charge is 0.333 e. The lowest BCUT2D eigenvalue weighted by molar-refractivity contribution is -0.117. The number of anilines is 1. The van der Waals surface area contributed by atoms with Gasteiger partial charge in [0, 0.05) is 56.4 Å². The monoisotopic (exact) mass is 412 g/mol. The van der Waals surface area contributed by atoms with Gasteiger partial charge in [-0.25, -0.2) is 4.79 Å². The third kappa shape index (κ3) is 4.89. The van der Waals surface area contributed by atoms with Crippen LogP contribution in [0.15, 0.2) is 54.6 Å². The minimum atomic E-state index is -0.173. The van der Waals surface area contributed by atoms with Crippen LogP contribution in [0.25, 0.3) is 0 Å². The Bertz CT molecular complexity index is 851. The van der Waals surface area contributed by atoms with E-state index in [2.05, 4.69) is 34.5 Å². The number of rotatable bonds is 4. The van der Waals surface area contributed by atoms with Gasteiger partial charge in [-0.3, -0.25) is 9.69 Å². The molecule has 3 amide bonds. The molecule has 29 heavy (non-hydrogen) atoms. The number of hydrogen-bond acceptors (Lipinski definition) is 3. The minimum Gasteiger partial charge on any atom is -0.333 e. The van der Waals surface area contributed by atoms with Crippen LogP contribution in [-0.4, -0.2) is 60.5 Å². The molecule has 0 radical (unpaired) electrons. The summed E-state index contributed by atoms with van der Waals surface area (Å²) in [5.41, 5.74) is 2.10. The fourth-order valence-corrected chi connectivity index (χ4v) is 4.02. The van der Waals surface area contributed by atoms with Crippen LogP contribution in [0.4, 0.5) is 10.5 Å². The van der Waals surface area contributed by atoms with E-state index in [1.165, 1.54) is 5.56 Å². The van der Waals surface area contributed by atoms with Crippen LogP contribution in [0.2, 0.25) is 5.02 Å². The van der Waals surface area contributed by atoms with Gasteiger partial charge in [0.2, 0.25) is 5.91 Å². The Balaban J connectivity index is 1.26. The normalized spacial score (nSPS) is 20.2. The van der Waals surface area contributed by atoms with Crippen LogP contribution in [0.5, 0.6) is 0 Å². The molecule has 2 aliphatic heterocycles. The highest BCUT2D eigenvalue weighted by Crippen LogP contribution is 2.23. The lowest BCUT2D eigenvalue weighted by Crippen LogP contribution is -2.53. The molecule has 6 nitrogen and oxygen atoms in total. The minimum absolute atomic E-state index is 0.0188. The molecule has 0 aromatic heterocycles. The molecule has 0 unspecified atom stereocenters. The summed E-state index contributed by atoms with van der Waals surface area (Å²) in [6.07, 6.45) is 0.322. The van der Waals surface area contributed by atoms with Crippen LogP contribution >= 0.6 is 11.6 Å². The Morgan fingerprint density at radius 3 is 2.38 bits per heavy atom. The zero-order valence-corrected chi connectivity index (χ0v) is 17.0. The first-order chi connectivity index (χ1) is 14.1. The van der Waals surface area contributed by atoms with Crippen LogP contribution in [0, 0.1) is 0 Å². The van der Waals surface area contributed by atoms with Gasteiger partial charge in [-0.1, -0.05) is 41.9 Å². The van der Waals surface area contributed by atoms with E-state index in [0.717, 1.165) is 25.3 Å². The number of nitrogens with zero attached hydrogens (tertiary/aromatic N) is 3. The van der Waals surface area contributed by atoms with Crippen molar-refractivity contribution in [1.82, 2.24) is 15.1 Å². The smallest absolute Gasteiger partial charge is 0.317 e. The maximum Gasteiger partial charge on any atom is 0.317 e. The van der Waals surface area contributed by atoms with E-state index >= 15 is 0 Å². The molecule has 2 aliphatic rings. The number of hydrogen-bond donors (Lipinski definition) is 1.